The van der Waals surface area contributed by atoms with Crippen molar-refractivity contribution in [3.63, 3.8) is 0 Å². The highest BCUT2D eigenvalue weighted by Gasteiger charge is 2.26. The Balaban J connectivity index is 2.16. The van der Waals surface area contributed by atoms with Crippen LogP contribution in [0, 0.1) is 10.1 Å². The minimum Gasteiger partial charge on any atom is -0.464 e. The lowest BCUT2D eigenvalue weighted by Gasteiger charge is -2.25. The van der Waals surface area contributed by atoms with Gasteiger partial charge in [-0.2, -0.15) is 4.98 Å². The number of nitro groups is 1. The van der Waals surface area contributed by atoms with E-state index in [1.807, 2.05) is 6.92 Å². The van der Waals surface area contributed by atoms with Crippen molar-refractivity contribution in [2.24, 2.45) is 0 Å². The predicted molar refractivity (Wildman–Crippen MR) is 62.7 cm³/mol. The molecule has 1 fully saturated rings. The van der Waals surface area contributed by atoms with E-state index in [2.05, 4.69) is 15.3 Å². The highest BCUT2D eigenvalue weighted by molar-refractivity contribution is 5.43. The van der Waals surface area contributed by atoms with E-state index in [0.717, 1.165) is 12.6 Å². The molecule has 1 aromatic rings. The SMILES string of the molecule is CCCNc1ncc([N+](=O)[O-])c(OC2COC2)n1. The van der Waals surface area contributed by atoms with Crippen LogP contribution in [0.2, 0.25) is 0 Å². The molecule has 8 nitrogen and oxygen atoms in total. The molecule has 0 unspecified atom stereocenters. The number of hydrogen-bond acceptors (Lipinski definition) is 7. The van der Waals surface area contributed by atoms with Crippen molar-refractivity contribution < 1.29 is 14.4 Å². The number of hydrogen-bond donors (Lipinski definition) is 1. The van der Waals surface area contributed by atoms with Crippen LogP contribution in [-0.4, -0.2) is 40.8 Å². The van der Waals surface area contributed by atoms with Gasteiger partial charge in [-0.15, -0.1) is 0 Å². The number of nitrogens with one attached hydrogen (secondary N) is 1. The van der Waals surface area contributed by atoms with Crippen LogP contribution >= 0.6 is 0 Å². The zero-order valence-corrected chi connectivity index (χ0v) is 9.96. The number of rotatable bonds is 6. The lowest BCUT2D eigenvalue weighted by Crippen LogP contribution is -2.39. The Bertz CT molecular complexity index is 436. The van der Waals surface area contributed by atoms with Gasteiger partial charge in [0, 0.05) is 6.54 Å². The molecule has 0 saturated carbocycles. The number of aromatic nitrogens is 2. The van der Waals surface area contributed by atoms with Crippen LogP contribution in [0.1, 0.15) is 13.3 Å². The summed E-state index contributed by atoms with van der Waals surface area (Å²) in [7, 11) is 0. The quantitative estimate of drug-likeness (QED) is 0.596. The van der Waals surface area contributed by atoms with E-state index in [0.29, 0.717) is 25.7 Å². The molecule has 0 aliphatic carbocycles. The van der Waals surface area contributed by atoms with E-state index in [9.17, 15) is 10.1 Å². The van der Waals surface area contributed by atoms with E-state index in [-0.39, 0.29) is 17.7 Å². The largest absolute Gasteiger partial charge is 0.464 e. The van der Waals surface area contributed by atoms with Crippen molar-refractivity contribution in [2.45, 2.75) is 19.4 Å². The minimum absolute atomic E-state index is 0.0121. The molecule has 1 aliphatic rings. The molecule has 98 valence electrons. The molecule has 1 saturated heterocycles. The third-order valence-electron chi connectivity index (χ3n) is 2.35. The van der Waals surface area contributed by atoms with E-state index >= 15 is 0 Å². The fourth-order valence-corrected chi connectivity index (χ4v) is 1.33. The average Bonchev–Trinajstić information content (AvgIpc) is 2.31. The molecule has 1 aliphatic heterocycles. The maximum atomic E-state index is 10.8. The Kier molecular flexibility index (Phi) is 3.88. The molecule has 0 atom stereocenters. The monoisotopic (exact) mass is 254 g/mol. The molecule has 2 rings (SSSR count). The molecule has 18 heavy (non-hydrogen) atoms. The fraction of sp³-hybridized carbons (Fsp3) is 0.600. The van der Waals surface area contributed by atoms with Crippen molar-refractivity contribution >= 4 is 11.6 Å². The van der Waals surface area contributed by atoms with Gasteiger partial charge in [-0.25, -0.2) is 4.98 Å². The van der Waals surface area contributed by atoms with Gasteiger partial charge in [0.25, 0.3) is 5.88 Å². The zero-order valence-electron chi connectivity index (χ0n) is 9.96. The Labute approximate surface area is 103 Å². The third kappa shape index (κ3) is 2.83. The fourth-order valence-electron chi connectivity index (χ4n) is 1.33. The number of anilines is 1. The molecule has 0 spiro atoms. The van der Waals surface area contributed by atoms with E-state index in [1.165, 1.54) is 0 Å². The van der Waals surface area contributed by atoms with Crippen LogP contribution in [-0.2, 0) is 4.74 Å². The number of ether oxygens (including phenoxy) is 2. The molecular weight excluding hydrogens is 240 g/mol. The summed E-state index contributed by atoms with van der Waals surface area (Å²) in [5, 5.41) is 13.8. The molecule has 1 N–H and O–H groups in total. The second-order valence-corrected chi connectivity index (χ2v) is 3.85. The van der Waals surface area contributed by atoms with Gasteiger partial charge in [-0.05, 0) is 6.42 Å². The summed E-state index contributed by atoms with van der Waals surface area (Å²) in [6.45, 7) is 3.56. The van der Waals surface area contributed by atoms with Gasteiger partial charge in [0.1, 0.15) is 12.3 Å². The summed E-state index contributed by atoms with van der Waals surface area (Å²) in [5.41, 5.74) is -0.232. The second-order valence-electron chi connectivity index (χ2n) is 3.85. The Morgan fingerprint density at radius 1 is 1.67 bits per heavy atom. The van der Waals surface area contributed by atoms with Crippen molar-refractivity contribution in [1.82, 2.24) is 9.97 Å². The molecule has 8 heteroatoms. The lowest BCUT2D eigenvalue weighted by molar-refractivity contribution is -0.386. The maximum Gasteiger partial charge on any atom is 0.349 e. The first-order valence-corrected chi connectivity index (χ1v) is 5.70. The zero-order chi connectivity index (χ0) is 13.0. The lowest BCUT2D eigenvalue weighted by atomic mass is 10.3. The molecule has 0 aromatic carbocycles. The van der Waals surface area contributed by atoms with Gasteiger partial charge in [-0.3, -0.25) is 10.1 Å². The molecule has 2 heterocycles. The second kappa shape index (κ2) is 5.58. The van der Waals surface area contributed by atoms with Crippen molar-refractivity contribution in [2.75, 3.05) is 25.1 Å². The number of nitrogens with zero attached hydrogens (tertiary/aromatic N) is 3. The first-order valence-electron chi connectivity index (χ1n) is 5.70. The summed E-state index contributed by atoms with van der Waals surface area (Å²) in [6.07, 6.45) is 1.89. The van der Waals surface area contributed by atoms with Gasteiger partial charge in [0.2, 0.25) is 5.95 Å². The van der Waals surface area contributed by atoms with Gasteiger partial charge in [0.05, 0.1) is 18.1 Å². The van der Waals surface area contributed by atoms with Gasteiger partial charge >= 0.3 is 5.69 Å². The predicted octanol–water partition coefficient (Wildman–Crippen LogP) is 0.984. The highest BCUT2D eigenvalue weighted by Crippen LogP contribution is 2.26. The van der Waals surface area contributed by atoms with Crippen LogP contribution in [0.4, 0.5) is 11.6 Å². The van der Waals surface area contributed by atoms with Crippen LogP contribution in [0.15, 0.2) is 6.20 Å². The third-order valence-corrected chi connectivity index (χ3v) is 2.35. The smallest absolute Gasteiger partial charge is 0.349 e. The van der Waals surface area contributed by atoms with Crippen LogP contribution < -0.4 is 10.1 Å². The van der Waals surface area contributed by atoms with Crippen molar-refractivity contribution in [3.8, 4) is 5.88 Å². The standard InChI is InChI=1S/C10H14N4O4/c1-2-3-11-10-12-4-8(14(15)16)9(13-10)18-7-5-17-6-7/h4,7H,2-3,5-6H2,1H3,(H,11,12,13). The van der Waals surface area contributed by atoms with E-state index in [4.69, 9.17) is 9.47 Å². The van der Waals surface area contributed by atoms with Crippen LogP contribution in [0.3, 0.4) is 0 Å². The Hall–Kier alpha value is -1.96. The Morgan fingerprint density at radius 2 is 2.44 bits per heavy atom. The summed E-state index contributed by atoms with van der Waals surface area (Å²) < 4.78 is 10.4. The normalized spacial score (nSPS) is 14.9. The van der Waals surface area contributed by atoms with Crippen molar-refractivity contribution in [3.05, 3.63) is 16.3 Å². The van der Waals surface area contributed by atoms with Gasteiger partial charge < -0.3 is 14.8 Å². The molecule has 0 bridgehead atoms. The summed E-state index contributed by atoms with van der Waals surface area (Å²) >= 11 is 0. The van der Waals surface area contributed by atoms with Gasteiger partial charge in [0.15, 0.2) is 0 Å². The minimum atomic E-state index is -0.557. The van der Waals surface area contributed by atoms with Gasteiger partial charge in [-0.1, -0.05) is 6.92 Å². The molecular formula is C10H14N4O4. The maximum absolute atomic E-state index is 10.8. The van der Waals surface area contributed by atoms with Crippen LogP contribution in [0.5, 0.6) is 5.88 Å². The molecule has 0 amide bonds. The van der Waals surface area contributed by atoms with Crippen molar-refractivity contribution in [1.29, 1.82) is 0 Å². The summed E-state index contributed by atoms with van der Waals surface area (Å²) in [4.78, 5) is 18.2. The average molecular weight is 254 g/mol. The summed E-state index contributed by atoms with van der Waals surface area (Å²) in [5.74, 6) is 0.319. The highest BCUT2D eigenvalue weighted by atomic mass is 16.6. The first kappa shape index (κ1) is 12.5. The summed E-state index contributed by atoms with van der Waals surface area (Å²) in [6, 6.07) is 0. The molecule has 1 aromatic heterocycles. The first-order chi connectivity index (χ1) is 8.70. The van der Waals surface area contributed by atoms with E-state index in [1.54, 1.807) is 0 Å². The molecule has 0 radical (unpaired) electrons. The Morgan fingerprint density at radius 3 is 3.00 bits per heavy atom. The van der Waals surface area contributed by atoms with E-state index < -0.39 is 4.92 Å². The topological polar surface area (TPSA) is 99.4 Å². The van der Waals surface area contributed by atoms with Crippen LogP contribution in [0.25, 0.3) is 0 Å².